The van der Waals surface area contributed by atoms with Crippen LogP contribution < -0.4 is 5.56 Å². The number of benzene rings is 1. The van der Waals surface area contributed by atoms with Crippen LogP contribution in [0.2, 0.25) is 0 Å². The van der Waals surface area contributed by atoms with E-state index in [0.29, 0.717) is 5.65 Å². The third-order valence-corrected chi connectivity index (χ3v) is 5.92. The van der Waals surface area contributed by atoms with Crippen LogP contribution in [0.4, 0.5) is 0 Å². The Bertz CT molecular complexity index is 1130. The second-order valence-electron chi connectivity index (χ2n) is 6.13. The number of rotatable bonds is 0. The summed E-state index contributed by atoms with van der Waals surface area (Å²) in [5.74, 6) is 0. The van der Waals surface area contributed by atoms with Gasteiger partial charge in [-0.1, -0.05) is 30.7 Å². The van der Waals surface area contributed by atoms with Crippen molar-refractivity contribution in [2.75, 3.05) is 0 Å². The van der Waals surface area contributed by atoms with E-state index in [9.17, 15) is 4.79 Å². The molecule has 3 aromatic heterocycles. The molecule has 0 saturated carbocycles. The van der Waals surface area contributed by atoms with E-state index in [-0.39, 0.29) is 5.56 Å². The summed E-state index contributed by atoms with van der Waals surface area (Å²) >= 11 is 1.70. The highest BCUT2D eigenvalue weighted by molar-refractivity contribution is 7.18. The van der Waals surface area contributed by atoms with Crippen LogP contribution in [0.15, 0.2) is 35.3 Å². The number of aromatic nitrogens is 3. The van der Waals surface area contributed by atoms with Crippen molar-refractivity contribution in [3.63, 3.8) is 0 Å². The van der Waals surface area contributed by atoms with Crippen molar-refractivity contribution in [1.29, 1.82) is 0 Å². The number of fused-ring (bicyclic) bond motifs is 6. The summed E-state index contributed by atoms with van der Waals surface area (Å²) in [7, 11) is 0. The van der Waals surface area contributed by atoms with Gasteiger partial charge in [0.15, 0.2) is 5.65 Å². The Kier molecular flexibility index (Phi) is 2.79. The van der Waals surface area contributed by atoms with Crippen LogP contribution >= 0.6 is 11.3 Å². The van der Waals surface area contributed by atoms with E-state index in [1.807, 2.05) is 24.3 Å². The standard InChI is InChI=1S/C18H15N3OS/c22-18-15-13-8-2-1-3-9-14(13)23-17(15)20-16-12-7-5-4-6-11(12)10-19-21(16)18/h4-7,10H,1-3,8-9H2. The van der Waals surface area contributed by atoms with Crippen molar-refractivity contribution in [3.8, 4) is 0 Å². The van der Waals surface area contributed by atoms with Gasteiger partial charge in [-0.05, 0) is 31.2 Å². The van der Waals surface area contributed by atoms with Gasteiger partial charge in [-0.2, -0.15) is 9.61 Å². The molecule has 0 amide bonds. The van der Waals surface area contributed by atoms with Gasteiger partial charge >= 0.3 is 0 Å². The maximum absolute atomic E-state index is 13.0. The predicted octanol–water partition coefficient (Wildman–Crippen LogP) is 3.73. The highest BCUT2D eigenvalue weighted by Gasteiger charge is 2.20. The number of nitrogens with zero attached hydrogens (tertiary/aromatic N) is 3. The number of thiophene rings is 1. The molecule has 0 N–H and O–H groups in total. The molecule has 0 radical (unpaired) electrons. The van der Waals surface area contributed by atoms with Crippen molar-refractivity contribution < 1.29 is 0 Å². The fourth-order valence-corrected chi connectivity index (χ4v) is 4.84. The number of hydrogen-bond acceptors (Lipinski definition) is 4. The highest BCUT2D eigenvalue weighted by Crippen LogP contribution is 2.33. The molecule has 0 atom stereocenters. The van der Waals surface area contributed by atoms with E-state index < -0.39 is 0 Å². The molecule has 3 heterocycles. The molecule has 23 heavy (non-hydrogen) atoms. The van der Waals surface area contributed by atoms with Crippen LogP contribution in [0.3, 0.4) is 0 Å². The van der Waals surface area contributed by atoms with Crippen LogP contribution in [0.25, 0.3) is 26.6 Å². The summed E-state index contributed by atoms with van der Waals surface area (Å²) in [5.41, 5.74) is 1.87. The molecule has 5 rings (SSSR count). The first-order valence-corrected chi connectivity index (χ1v) is 8.85. The minimum atomic E-state index is -0.0184. The number of aryl methyl sites for hydroxylation is 2. The monoisotopic (exact) mass is 321 g/mol. The molecule has 1 aromatic carbocycles. The summed E-state index contributed by atoms with van der Waals surface area (Å²) in [6, 6.07) is 7.96. The maximum atomic E-state index is 13.0. The van der Waals surface area contributed by atoms with E-state index in [0.717, 1.165) is 40.3 Å². The zero-order chi connectivity index (χ0) is 15.4. The van der Waals surface area contributed by atoms with Gasteiger partial charge in [0.2, 0.25) is 0 Å². The molecule has 1 aliphatic rings. The van der Waals surface area contributed by atoms with Crippen molar-refractivity contribution in [3.05, 3.63) is 51.3 Å². The molecular formula is C18H15N3OS. The Morgan fingerprint density at radius 1 is 1.09 bits per heavy atom. The van der Waals surface area contributed by atoms with E-state index in [2.05, 4.69) is 5.10 Å². The molecule has 5 heteroatoms. The molecule has 4 aromatic rings. The van der Waals surface area contributed by atoms with Crippen LogP contribution in [0.1, 0.15) is 29.7 Å². The Morgan fingerprint density at radius 3 is 2.91 bits per heavy atom. The molecule has 0 fully saturated rings. The van der Waals surface area contributed by atoms with Crippen molar-refractivity contribution >= 4 is 38.0 Å². The first kappa shape index (κ1) is 13.2. The lowest BCUT2D eigenvalue weighted by molar-refractivity contribution is 0.713. The number of hydrogen-bond donors (Lipinski definition) is 0. The van der Waals surface area contributed by atoms with Crippen LogP contribution in [-0.2, 0) is 12.8 Å². The topological polar surface area (TPSA) is 47.3 Å². The third-order valence-electron chi connectivity index (χ3n) is 4.73. The molecule has 0 aliphatic heterocycles. The molecule has 0 saturated heterocycles. The second kappa shape index (κ2) is 4.86. The van der Waals surface area contributed by atoms with Gasteiger partial charge in [0.1, 0.15) is 4.83 Å². The summed E-state index contributed by atoms with van der Waals surface area (Å²) in [6.07, 6.45) is 7.43. The van der Waals surface area contributed by atoms with Gasteiger partial charge in [-0.15, -0.1) is 11.3 Å². The summed E-state index contributed by atoms with van der Waals surface area (Å²) in [4.78, 5) is 20.1. The van der Waals surface area contributed by atoms with Crippen LogP contribution in [-0.4, -0.2) is 14.6 Å². The normalized spacial score (nSPS) is 15.1. The lowest BCUT2D eigenvalue weighted by atomic mass is 10.1. The minimum absolute atomic E-state index is 0.0184. The molecular weight excluding hydrogens is 306 g/mol. The molecule has 1 aliphatic carbocycles. The summed E-state index contributed by atoms with van der Waals surface area (Å²) in [6.45, 7) is 0. The van der Waals surface area contributed by atoms with Gasteiger partial charge in [0, 0.05) is 15.6 Å². The van der Waals surface area contributed by atoms with Gasteiger partial charge in [-0.3, -0.25) is 4.79 Å². The molecule has 114 valence electrons. The average molecular weight is 321 g/mol. The molecule has 0 bridgehead atoms. The van der Waals surface area contributed by atoms with Crippen LogP contribution in [0.5, 0.6) is 0 Å². The fourth-order valence-electron chi connectivity index (χ4n) is 3.59. The van der Waals surface area contributed by atoms with Crippen molar-refractivity contribution in [2.24, 2.45) is 0 Å². The van der Waals surface area contributed by atoms with Crippen molar-refractivity contribution in [2.45, 2.75) is 32.1 Å². The smallest absolute Gasteiger partial charge is 0.267 e. The van der Waals surface area contributed by atoms with Crippen LogP contribution in [0, 0.1) is 0 Å². The summed E-state index contributed by atoms with van der Waals surface area (Å²) in [5, 5.41) is 7.14. The van der Waals surface area contributed by atoms with E-state index in [4.69, 9.17) is 4.98 Å². The van der Waals surface area contributed by atoms with E-state index in [1.54, 1.807) is 17.5 Å². The van der Waals surface area contributed by atoms with Gasteiger partial charge in [0.05, 0.1) is 11.6 Å². The Morgan fingerprint density at radius 2 is 1.96 bits per heavy atom. The molecule has 4 nitrogen and oxygen atoms in total. The SMILES string of the molecule is O=c1c2c3c(sc2nc2c4ccccc4cnn12)CCCCC3. The third kappa shape index (κ3) is 1.86. The van der Waals surface area contributed by atoms with E-state index >= 15 is 0 Å². The van der Waals surface area contributed by atoms with Gasteiger partial charge < -0.3 is 0 Å². The maximum Gasteiger partial charge on any atom is 0.283 e. The average Bonchev–Trinajstić information content (AvgIpc) is 2.77. The van der Waals surface area contributed by atoms with Gasteiger partial charge in [0.25, 0.3) is 5.56 Å². The van der Waals surface area contributed by atoms with Crippen molar-refractivity contribution in [1.82, 2.24) is 14.6 Å². The first-order valence-electron chi connectivity index (χ1n) is 8.04. The highest BCUT2D eigenvalue weighted by atomic mass is 32.1. The second-order valence-corrected chi connectivity index (χ2v) is 7.21. The molecule has 0 spiro atoms. The minimum Gasteiger partial charge on any atom is -0.267 e. The Balaban J connectivity index is 1.96. The summed E-state index contributed by atoms with van der Waals surface area (Å²) < 4.78 is 1.47. The van der Waals surface area contributed by atoms with Gasteiger partial charge in [-0.25, -0.2) is 4.98 Å². The predicted molar refractivity (Wildman–Crippen MR) is 93.4 cm³/mol. The quantitative estimate of drug-likeness (QED) is 0.366. The largest absolute Gasteiger partial charge is 0.283 e. The Labute approximate surface area is 136 Å². The zero-order valence-electron chi connectivity index (χ0n) is 12.6. The zero-order valence-corrected chi connectivity index (χ0v) is 13.4. The fraction of sp³-hybridized carbons (Fsp3) is 0.278. The lowest BCUT2D eigenvalue weighted by Crippen LogP contribution is -2.18. The molecule has 0 unspecified atom stereocenters. The first-order chi connectivity index (χ1) is 11.3. The lowest BCUT2D eigenvalue weighted by Gasteiger charge is -2.04. The van der Waals surface area contributed by atoms with E-state index in [1.165, 1.54) is 27.8 Å². The Hall–Kier alpha value is -2.27.